The van der Waals surface area contributed by atoms with Crippen LogP contribution in [0.2, 0.25) is 0 Å². The molecule has 1 fully saturated rings. The van der Waals surface area contributed by atoms with Gasteiger partial charge in [0.15, 0.2) is 11.6 Å². The molecule has 5 nitrogen and oxygen atoms in total. The first-order chi connectivity index (χ1) is 11.8. The molecule has 2 N–H and O–H groups in total. The highest BCUT2D eigenvalue weighted by molar-refractivity contribution is 6.28. The van der Waals surface area contributed by atoms with Gasteiger partial charge >= 0.3 is 0 Å². The zero-order valence-electron chi connectivity index (χ0n) is 14.4. The molecule has 1 aliphatic carbocycles. The van der Waals surface area contributed by atoms with Crippen LogP contribution in [-0.4, -0.2) is 35.0 Å². The molecule has 1 aromatic rings. The molecule has 0 saturated heterocycles. The van der Waals surface area contributed by atoms with Gasteiger partial charge in [-0.2, -0.15) is 0 Å². The van der Waals surface area contributed by atoms with E-state index in [4.69, 9.17) is 4.74 Å². The number of ether oxygens (including phenoxy) is 1. The molecule has 0 spiro atoms. The Morgan fingerprint density at radius 1 is 1.24 bits per heavy atom. The third kappa shape index (κ3) is 4.25. The zero-order chi connectivity index (χ0) is 18.6. The molecular weight excluding hydrogens is 320 g/mol. The van der Waals surface area contributed by atoms with E-state index in [1.807, 2.05) is 6.92 Å². The summed E-state index contributed by atoms with van der Waals surface area (Å²) in [6, 6.07) is 7.06. The zero-order valence-corrected chi connectivity index (χ0v) is 14.4. The molecule has 1 aromatic carbocycles. The number of ketones is 2. The molecule has 0 heterocycles. The second-order valence-corrected chi connectivity index (χ2v) is 6.14. The monoisotopic (exact) mass is 342 g/mol. The predicted octanol–water partition coefficient (Wildman–Crippen LogP) is 3.01. The predicted molar refractivity (Wildman–Crippen MR) is 95.2 cm³/mol. The number of carbonyl (C=O) groups is 2. The van der Waals surface area contributed by atoms with E-state index >= 15 is 0 Å². The van der Waals surface area contributed by atoms with Crippen molar-refractivity contribution in [2.75, 3.05) is 7.11 Å². The van der Waals surface area contributed by atoms with Gasteiger partial charge in [0.1, 0.15) is 23.2 Å². The van der Waals surface area contributed by atoms with Crippen molar-refractivity contribution in [2.24, 2.45) is 5.92 Å². The molecule has 132 valence electrons. The molecule has 1 aliphatic rings. The second-order valence-electron chi connectivity index (χ2n) is 6.14. The van der Waals surface area contributed by atoms with Crippen LogP contribution in [0, 0.1) is 5.92 Å². The van der Waals surface area contributed by atoms with Gasteiger partial charge in [-0.1, -0.05) is 23.8 Å². The third-order valence-corrected chi connectivity index (χ3v) is 4.17. The number of rotatable bonds is 6. The van der Waals surface area contributed by atoms with E-state index in [0.717, 1.165) is 11.1 Å². The number of aliphatic hydroxyl groups excluding tert-OH is 2. The van der Waals surface area contributed by atoms with Crippen LogP contribution in [0.4, 0.5) is 0 Å². The third-order valence-electron chi connectivity index (χ3n) is 4.17. The summed E-state index contributed by atoms with van der Waals surface area (Å²) in [6.07, 6.45) is 2.34. The van der Waals surface area contributed by atoms with Crippen molar-refractivity contribution in [3.8, 4) is 5.75 Å². The quantitative estimate of drug-likeness (QED) is 0.359. The highest BCUT2D eigenvalue weighted by Gasteiger charge is 2.45. The fourth-order valence-corrected chi connectivity index (χ4v) is 2.70. The molecule has 0 aliphatic heterocycles. The Balaban J connectivity index is 2.21. The van der Waals surface area contributed by atoms with E-state index in [9.17, 15) is 19.8 Å². The van der Waals surface area contributed by atoms with E-state index in [1.165, 1.54) is 6.08 Å². The van der Waals surface area contributed by atoms with E-state index < -0.39 is 29.3 Å². The number of hydrogen-bond acceptors (Lipinski definition) is 5. The fraction of sp³-hybridized carbons (Fsp3) is 0.300. The molecule has 0 radical (unpaired) electrons. The summed E-state index contributed by atoms with van der Waals surface area (Å²) in [6.45, 7) is 5.57. The molecular formula is C20H22O5. The second kappa shape index (κ2) is 7.94. The van der Waals surface area contributed by atoms with Crippen LogP contribution in [0.15, 0.2) is 53.8 Å². The highest BCUT2D eigenvalue weighted by Crippen LogP contribution is 2.30. The number of Topliss-reactive ketones (excluding diaryl/α,β-unsaturated/α-hetero) is 2. The first-order valence-corrected chi connectivity index (χ1v) is 8.01. The number of allylic oxidation sites excluding steroid dienone is 2. The Labute approximate surface area is 146 Å². The lowest BCUT2D eigenvalue weighted by atomic mass is 9.96. The van der Waals surface area contributed by atoms with Gasteiger partial charge in [0.25, 0.3) is 0 Å². The van der Waals surface area contributed by atoms with Crippen LogP contribution in [0.25, 0.3) is 6.08 Å². The molecule has 0 bridgehead atoms. The van der Waals surface area contributed by atoms with Crippen molar-refractivity contribution >= 4 is 17.6 Å². The minimum atomic E-state index is -1.40. The normalized spacial score (nSPS) is 22.5. The van der Waals surface area contributed by atoms with Crippen molar-refractivity contribution in [1.82, 2.24) is 0 Å². The van der Waals surface area contributed by atoms with Gasteiger partial charge in [-0.3, -0.25) is 9.59 Å². The average Bonchev–Trinajstić information content (AvgIpc) is 2.80. The summed E-state index contributed by atoms with van der Waals surface area (Å²) in [5, 5.41) is 20.2. The van der Waals surface area contributed by atoms with Gasteiger partial charge in [0.2, 0.25) is 0 Å². The summed E-state index contributed by atoms with van der Waals surface area (Å²) >= 11 is 0. The van der Waals surface area contributed by atoms with Crippen molar-refractivity contribution in [3.05, 3.63) is 59.4 Å². The van der Waals surface area contributed by atoms with Gasteiger partial charge in [0, 0.05) is 0 Å². The summed E-state index contributed by atoms with van der Waals surface area (Å²) in [5.74, 6) is -1.80. The highest BCUT2D eigenvalue weighted by atomic mass is 16.5. The molecule has 2 rings (SSSR count). The number of hydrogen-bond donors (Lipinski definition) is 2. The summed E-state index contributed by atoms with van der Waals surface area (Å²) < 4.78 is 5.06. The maximum Gasteiger partial charge on any atom is 0.199 e. The summed E-state index contributed by atoms with van der Waals surface area (Å²) in [7, 11) is 1.56. The largest absolute Gasteiger partial charge is 0.507 e. The maximum absolute atomic E-state index is 12.4. The summed E-state index contributed by atoms with van der Waals surface area (Å²) in [4.78, 5) is 24.5. The van der Waals surface area contributed by atoms with E-state index in [-0.39, 0.29) is 5.57 Å². The number of methoxy groups -OCH3 is 1. The standard InChI is InChI=1S/C20H22O5/c1-12(2)4-10-15-18(22)17(20(24)19(15)23)16(21)11-7-13-5-8-14(25-3)9-6-13/h5-9,11,15,19,21,23H,1,4,10H2,2-3H3. The molecule has 5 heteroatoms. The Bertz CT molecular complexity index is 740. The van der Waals surface area contributed by atoms with Crippen LogP contribution in [0.5, 0.6) is 5.75 Å². The lowest BCUT2D eigenvalue weighted by Gasteiger charge is -2.10. The maximum atomic E-state index is 12.4. The fourth-order valence-electron chi connectivity index (χ4n) is 2.70. The van der Waals surface area contributed by atoms with Gasteiger partial charge in [-0.15, -0.1) is 6.58 Å². The topological polar surface area (TPSA) is 83.8 Å². The van der Waals surface area contributed by atoms with Crippen molar-refractivity contribution in [3.63, 3.8) is 0 Å². The summed E-state index contributed by atoms with van der Waals surface area (Å²) in [5.41, 5.74) is 1.31. The van der Waals surface area contributed by atoms with Crippen molar-refractivity contribution < 1.29 is 24.5 Å². The number of carbonyl (C=O) groups excluding carboxylic acids is 2. The van der Waals surface area contributed by atoms with Gasteiger partial charge < -0.3 is 14.9 Å². The van der Waals surface area contributed by atoms with Crippen LogP contribution in [0.3, 0.4) is 0 Å². The first kappa shape index (κ1) is 18.7. The van der Waals surface area contributed by atoms with E-state index in [1.54, 1.807) is 37.5 Å². The van der Waals surface area contributed by atoms with Gasteiger partial charge in [-0.25, -0.2) is 0 Å². The van der Waals surface area contributed by atoms with Crippen LogP contribution in [-0.2, 0) is 9.59 Å². The van der Waals surface area contributed by atoms with Gasteiger partial charge in [0.05, 0.1) is 13.0 Å². The molecule has 1 saturated carbocycles. The minimum Gasteiger partial charge on any atom is -0.507 e. The Hall–Kier alpha value is -2.66. The van der Waals surface area contributed by atoms with Crippen LogP contribution in [0.1, 0.15) is 25.3 Å². The molecule has 2 unspecified atom stereocenters. The number of benzene rings is 1. The van der Waals surface area contributed by atoms with Crippen LogP contribution >= 0.6 is 0 Å². The molecule has 0 amide bonds. The molecule has 25 heavy (non-hydrogen) atoms. The SMILES string of the molecule is C=C(C)CCC1C(=O)C(=C(O)C=Cc2ccc(OC)cc2)C(=O)C1O. The van der Waals surface area contributed by atoms with Crippen molar-refractivity contribution in [2.45, 2.75) is 25.9 Å². The van der Waals surface area contributed by atoms with Gasteiger partial charge in [-0.05, 0) is 43.5 Å². The smallest absolute Gasteiger partial charge is 0.199 e. The minimum absolute atomic E-state index is 0.330. The Morgan fingerprint density at radius 3 is 2.44 bits per heavy atom. The Kier molecular flexibility index (Phi) is 5.93. The number of aliphatic hydroxyl groups is 2. The first-order valence-electron chi connectivity index (χ1n) is 8.01. The molecule has 2 atom stereocenters. The lowest BCUT2D eigenvalue weighted by Crippen LogP contribution is -2.23. The van der Waals surface area contributed by atoms with Crippen LogP contribution < -0.4 is 4.74 Å². The Morgan fingerprint density at radius 2 is 1.88 bits per heavy atom. The lowest BCUT2D eigenvalue weighted by molar-refractivity contribution is -0.124. The van der Waals surface area contributed by atoms with Crippen molar-refractivity contribution in [1.29, 1.82) is 0 Å². The van der Waals surface area contributed by atoms with E-state index in [0.29, 0.717) is 18.6 Å². The molecule has 0 aromatic heterocycles. The van der Waals surface area contributed by atoms with E-state index in [2.05, 4.69) is 6.58 Å². The average molecular weight is 342 g/mol.